The topological polar surface area (TPSA) is 120 Å². The number of nitrogens with one attached hydrogen (secondary N) is 1. The average molecular weight is 333 g/mol. The van der Waals surface area contributed by atoms with Crippen molar-refractivity contribution in [1.29, 1.82) is 0 Å². The molecule has 3 N–H and O–H groups in total. The number of ketones is 1. The predicted molar refractivity (Wildman–Crippen MR) is 87.0 cm³/mol. The Hall–Kier alpha value is -2.68. The van der Waals surface area contributed by atoms with Gasteiger partial charge in [-0.1, -0.05) is 23.9 Å². The molecule has 0 aliphatic heterocycles. The number of amides is 1. The molecule has 1 heterocycles. The summed E-state index contributed by atoms with van der Waals surface area (Å²) in [6, 6.07) is 6.71. The molecular weight excluding hydrogens is 318 g/mol. The molecule has 0 unspecified atom stereocenters. The highest BCUT2D eigenvalue weighted by molar-refractivity contribution is 7.99. The van der Waals surface area contributed by atoms with Gasteiger partial charge in [-0.3, -0.25) is 14.4 Å². The third-order valence-electron chi connectivity index (χ3n) is 2.93. The number of hydrogen-bond donors (Lipinski definition) is 2. The summed E-state index contributed by atoms with van der Waals surface area (Å²) in [5.41, 5.74) is 0.573. The minimum absolute atomic E-state index is 0.0272. The Morgan fingerprint density at radius 3 is 2.70 bits per heavy atom. The number of carbonyl (C=O) groups is 2. The van der Waals surface area contributed by atoms with Crippen molar-refractivity contribution in [2.45, 2.75) is 19.0 Å². The SMILES string of the molecule is CC(=O)c1ccccc1NC(=O)CSc1nnc(C)c(=O)n1N. The van der Waals surface area contributed by atoms with Crippen molar-refractivity contribution in [3.8, 4) is 0 Å². The lowest BCUT2D eigenvalue weighted by Gasteiger charge is -2.09. The highest BCUT2D eigenvalue weighted by atomic mass is 32.2. The van der Waals surface area contributed by atoms with E-state index in [-0.39, 0.29) is 28.3 Å². The molecule has 0 aliphatic carbocycles. The first-order valence-corrected chi connectivity index (χ1v) is 7.62. The zero-order chi connectivity index (χ0) is 17.0. The van der Waals surface area contributed by atoms with Gasteiger partial charge < -0.3 is 11.2 Å². The van der Waals surface area contributed by atoms with Crippen LogP contribution < -0.4 is 16.7 Å². The molecule has 1 amide bonds. The number of Topliss-reactive ketones (excluding diaryl/α,β-unsaturated/α-hetero) is 1. The van der Waals surface area contributed by atoms with Gasteiger partial charge in [-0.05, 0) is 26.0 Å². The Kier molecular flexibility index (Phi) is 5.12. The monoisotopic (exact) mass is 333 g/mol. The fourth-order valence-corrected chi connectivity index (χ4v) is 2.44. The number of nitrogen functional groups attached to an aromatic ring is 1. The first-order valence-electron chi connectivity index (χ1n) is 6.64. The number of para-hydroxylation sites is 1. The molecule has 2 aromatic rings. The van der Waals surface area contributed by atoms with Gasteiger partial charge in [0.2, 0.25) is 11.1 Å². The van der Waals surface area contributed by atoms with E-state index in [4.69, 9.17) is 5.84 Å². The van der Waals surface area contributed by atoms with Gasteiger partial charge in [0.05, 0.1) is 11.4 Å². The Bertz CT molecular complexity index is 818. The normalized spacial score (nSPS) is 10.3. The summed E-state index contributed by atoms with van der Waals surface area (Å²) in [5, 5.41) is 10.2. The summed E-state index contributed by atoms with van der Waals surface area (Å²) in [4.78, 5) is 35.1. The molecule has 1 aromatic heterocycles. The zero-order valence-corrected chi connectivity index (χ0v) is 13.4. The van der Waals surface area contributed by atoms with Crippen LogP contribution in [-0.4, -0.2) is 32.3 Å². The molecule has 23 heavy (non-hydrogen) atoms. The lowest BCUT2D eigenvalue weighted by Crippen LogP contribution is -2.32. The van der Waals surface area contributed by atoms with Crippen LogP contribution in [-0.2, 0) is 4.79 Å². The summed E-state index contributed by atoms with van der Waals surface area (Å²) in [6.07, 6.45) is 0. The molecule has 8 nitrogen and oxygen atoms in total. The molecule has 9 heteroatoms. The van der Waals surface area contributed by atoms with E-state index in [0.29, 0.717) is 11.3 Å². The van der Waals surface area contributed by atoms with E-state index in [0.717, 1.165) is 16.4 Å². The number of nitrogens with zero attached hydrogens (tertiary/aromatic N) is 3. The average Bonchev–Trinajstić information content (AvgIpc) is 2.52. The number of aryl methyl sites for hydroxylation is 1. The van der Waals surface area contributed by atoms with E-state index in [1.807, 2.05) is 0 Å². The van der Waals surface area contributed by atoms with Crippen molar-refractivity contribution < 1.29 is 9.59 Å². The maximum atomic E-state index is 12.0. The molecule has 0 atom stereocenters. The predicted octanol–water partition coefficient (Wildman–Crippen LogP) is 0.594. The molecule has 0 aliphatic rings. The highest BCUT2D eigenvalue weighted by Gasteiger charge is 2.12. The van der Waals surface area contributed by atoms with Crippen molar-refractivity contribution >= 4 is 29.1 Å². The van der Waals surface area contributed by atoms with Gasteiger partial charge in [-0.15, -0.1) is 10.2 Å². The number of anilines is 1. The van der Waals surface area contributed by atoms with Crippen LogP contribution in [0.15, 0.2) is 34.2 Å². The number of hydrogen-bond acceptors (Lipinski definition) is 7. The van der Waals surface area contributed by atoms with Gasteiger partial charge in [-0.25, -0.2) is 0 Å². The van der Waals surface area contributed by atoms with E-state index in [1.165, 1.54) is 13.8 Å². The smallest absolute Gasteiger partial charge is 0.294 e. The van der Waals surface area contributed by atoms with E-state index in [2.05, 4.69) is 15.5 Å². The maximum absolute atomic E-state index is 12.0. The summed E-state index contributed by atoms with van der Waals surface area (Å²) in [6.45, 7) is 2.92. The quantitative estimate of drug-likeness (QED) is 0.467. The van der Waals surface area contributed by atoms with Crippen molar-refractivity contribution in [2.24, 2.45) is 0 Å². The Labute approximate surface area is 136 Å². The molecule has 0 saturated heterocycles. The van der Waals surface area contributed by atoms with Crippen molar-refractivity contribution in [3.05, 3.63) is 45.9 Å². The van der Waals surface area contributed by atoms with Crippen LogP contribution in [0, 0.1) is 6.92 Å². The van der Waals surface area contributed by atoms with Gasteiger partial charge in [0.1, 0.15) is 5.69 Å². The number of carbonyl (C=O) groups excluding carboxylic acids is 2. The number of thioether (sulfide) groups is 1. The molecule has 0 radical (unpaired) electrons. The van der Waals surface area contributed by atoms with Gasteiger partial charge >= 0.3 is 0 Å². The minimum atomic E-state index is -0.468. The largest absolute Gasteiger partial charge is 0.334 e. The highest BCUT2D eigenvalue weighted by Crippen LogP contribution is 2.17. The number of aromatic nitrogens is 3. The van der Waals surface area contributed by atoms with Crippen LogP contribution in [0.5, 0.6) is 0 Å². The van der Waals surface area contributed by atoms with Crippen LogP contribution in [0.4, 0.5) is 5.69 Å². The number of nitrogens with two attached hydrogens (primary N) is 1. The minimum Gasteiger partial charge on any atom is -0.334 e. The number of rotatable bonds is 5. The molecule has 0 saturated carbocycles. The summed E-state index contributed by atoms with van der Waals surface area (Å²) in [5.74, 6) is 5.07. The lowest BCUT2D eigenvalue weighted by atomic mass is 10.1. The molecule has 2 rings (SSSR count). The van der Waals surface area contributed by atoms with Gasteiger partial charge in [0.15, 0.2) is 5.78 Å². The molecule has 1 aromatic carbocycles. The summed E-state index contributed by atoms with van der Waals surface area (Å²) >= 11 is 0.979. The van der Waals surface area contributed by atoms with Crippen LogP contribution in [0.2, 0.25) is 0 Å². The molecule has 120 valence electrons. The Morgan fingerprint density at radius 2 is 2.00 bits per heavy atom. The van der Waals surface area contributed by atoms with Crippen LogP contribution in [0.25, 0.3) is 0 Å². The summed E-state index contributed by atoms with van der Waals surface area (Å²) in [7, 11) is 0. The zero-order valence-electron chi connectivity index (χ0n) is 12.6. The standard InChI is InChI=1S/C14H15N5O3S/c1-8-13(22)19(15)14(18-17-8)23-7-12(21)16-11-6-4-3-5-10(11)9(2)20/h3-6H,7,15H2,1-2H3,(H,16,21). The van der Waals surface area contributed by atoms with E-state index >= 15 is 0 Å². The first-order chi connectivity index (χ1) is 10.9. The third-order valence-corrected chi connectivity index (χ3v) is 3.88. The van der Waals surface area contributed by atoms with Gasteiger partial charge in [0, 0.05) is 5.56 Å². The van der Waals surface area contributed by atoms with Crippen LogP contribution in [0.1, 0.15) is 23.0 Å². The molecule has 0 bridgehead atoms. The van der Waals surface area contributed by atoms with Crippen molar-refractivity contribution in [1.82, 2.24) is 14.9 Å². The second kappa shape index (κ2) is 7.05. The van der Waals surface area contributed by atoms with Crippen molar-refractivity contribution in [3.63, 3.8) is 0 Å². The molecule has 0 fully saturated rings. The second-order valence-electron chi connectivity index (χ2n) is 4.68. The lowest BCUT2D eigenvalue weighted by molar-refractivity contribution is -0.113. The fraction of sp³-hybridized carbons (Fsp3) is 0.214. The fourth-order valence-electron chi connectivity index (χ4n) is 1.78. The molecule has 0 spiro atoms. The first kappa shape index (κ1) is 16.7. The van der Waals surface area contributed by atoms with Gasteiger partial charge in [-0.2, -0.15) is 4.68 Å². The van der Waals surface area contributed by atoms with Crippen LogP contribution >= 0.6 is 11.8 Å². The number of benzene rings is 1. The second-order valence-corrected chi connectivity index (χ2v) is 5.62. The van der Waals surface area contributed by atoms with Crippen molar-refractivity contribution in [2.75, 3.05) is 16.9 Å². The Morgan fingerprint density at radius 1 is 1.30 bits per heavy atom. The van der Waals surface area contributed by atoms with E-state index in [9.17, 15) is 14.4 Å². The summed E-state index contributed by atoms with van der Waals surface area (Å²) < 4.78 is 0.851. The molecular formula is C14H15N5O3S. The van der Waals surface area contributed by atoms with E-state index in [1.54, 1.807) is 24.3 Å². The third kappa shape index (κ3) is 3.95. The maximum Gasteiger partial charge on any atom is 0.294 e. The Balaban J connectivity index is 2.06. The van der Waals surface area contributed by atoms with Gasteiger partial charge in [0.25, 0.3) is 5.56 Å². The van der Waals surface area contributed by atoms with Crippen LogP contribution in [0.3, 0.4) is 0 Å². The van der Waals surface area contributed by atoms with E-state index < -0.39 is 5.56 Å².